The highest BCUT2D eigenvalue weighted by Crippen LogP contribution is 2.42. The van der Waals surface area contributed by atoms with E-state index in [1.807, 2.05) is 39.0 Å². The van der Waals surface area contributed by atoms with Gasteiger partial charge in [0.05, 0.1) is 36.6 Å². The number of phenols is 1. The topological polar surface area (TPSA) is 188 Å². The lowest BCUT2D eigenvalue weighted by Crippen LogP contribution is -2.62. The van der Waals surface area contributed by atoms with Crippen LogP contribution >= 0.6 is 0 Å². The first-order valence-corrected chi connectivity index (χ1v) is 23.6. The summed E-state index contributed by atoms with van der Waals surface area (Å²) in [5.41, 5.74) is 9.55. The molecular weight excluding hydrogens is 853 g/mol. The number of hydrogen-bond acceptors (Lipinski definition) is 11. The van der Waals surface area contributed by atoms with Crippen LogP contribution < -0.4 is 16.1 Å². The van der Waals surface area contributed by atoms with Gasteiger partial charge in [0.15, 0.2) is 0 Å². The molecule has 2 fully saturated rings. The van der Waals surface area contributed by atoms with Crippen molar-refractivity contribution >= 4 is 40.5 Å². The van der Waals surface area contributed by atoms with Crippen LogP contribution in [0.25, 0.3) is 33.3 Å². The number of likely N-dealkylation sites (tertiary alicyclic amines) is 1. The van der Waals surface area contributed by atoms with Crippen LogP contribution in [0.5, 0.6) is 5.75 Å². The van der Waals surface area contributed by atoms with E-state index in [9.17, 15) is 29.1 Å². The zero-order valence-electron chi connectivity index (χ0n) is 40.5. The number of benzene rings is 2. The summed E-state index contributed by atoms with van der Waals surface area (Å²) in [6, 6.07) is 12.5. The van der Waals surface area contributed by atoms with E-state index in [1.54, 1.807) is 44.4 Å². The van der Waals surface area contributed by atoms with Crippen molar-refractivity contribution in [2.24, 2.45) is 17.3 Å². The van der Waals surface area contributed by atoms with Crippen LogP contribution in [-0.2, 0) is 52.8 Å². The Morgan fingerprint density at radius 3 is 2.55 bits per heavy atom. The summed E-state index contributed by atoms with van der Waals surface area (Å²) in [6.45, 7) is 13.9. The fourth-order valence-electron chi connectivity index (χ4n) is 10.1. The normalized spacial score (nSPS) is 20.9. The molecule has 2 aromatic heterocycles. The summed E-state index contributed by atoms with van der Waals surface area (Å²) in [4.78, 5) is 77.7. The van der Waals surface area contributed by atoms with Gasteiger partial charge in [-0.25, -0.2) is 5.43 Å². The third-order valence-electron chi connectivity index (χ3n) is 13.6. The van der Waals surface area contributed by atoms with E-state index in [4.69, 9.17) is 14.5 Å². The molecule has 5 atom stereocenters. The molecule has 0 unspecified atom stereocenters. The minimum absolute atomic E-state index is 0.00753. The quantitative estimate of drug-likeness (QED) is 0.148. The number of pyridine rings is 1. The van der Waals surface area contributed by atoms with Gasteiger partial charge < -0.3 is 39.6 Å². The lowest BCUT2D eigenvalue weighted by molar-refractivity contribution is -0.155. The largest absolute Gasteiger partial charge is 0.508 e. The smallest absolute Gasteiger partial charge is 0.324 e. The number of carbonyl (C=O) groups excluding carboxylic acids is 5. The summed E-state index contributed by atoms with van der Waals surface area (Å²) >= 11 is 0. The summed E-state index contributed by atoms with van der Waals surface area (Å²) < 4.78 is 14.2. The number of cyclic esters (lactones) is 1. The number of rotatable bonds is 11. The highest BCUT2D eigenvalue weighted by Gasteiger charge is 2.40. The molecule has 0 saturated carbocycles. The number of esters is 1. The predicted molar refractivity (Wildman–Crippen MR) is 255 cm³/mol. The van der Waals surface area contributed by atoms with Crippen molar-refractivity contribution in [1.82, 2.24) is 40.4 Å². The second-order valence-corrected chi connectivity index (χ2v) is 19.5. The first-order valence-electron chi connectivity index (χ1n) is 23.6. The first kappa shape index (κ1) is 49.1. The SMILES string of the molecule is CCn1c(-c2cccnc2[C@H](C)OC)c2c3cc(ccc31)-c1cc(O)cc(c1)C[C@H](NC(=O)[C@H](C(C)C)N(C)C(=O)[C@H]1CCN(C(=O)CNC)C1)C(=O)N1CCC[C@H](N1)C(=O)OCC(C)(C)C2. The number of likely N-dealkylation sites (N-methyl/N-ethyl adjacent to an activating group) is 2. The second-order valence-electron chi connectivity index (χ2n) is 19.5. The van der Waals surface area contributed by atoms with E-state index in [0.29, 0.717) is 44.3 Å². The highest BCUT2D eigenvalue weighted by atomic mass is 16.5. The fraction of sp³-hybridized carbons (Fsp3) is 0.529. The van der Waals surface area contributed by atoms with Crippen molar-refractivity contribution in [2.75, 3.05) is 54.0 Å². The number of aryl methyl sites for hydroxylation is 1. The van der Waals surface area contributed by atoms with Gasteiger partial charge in [-0.3, -0.25) is 34.0 Å². The van der Waals surface area contributed by atoms with Crippen molar-refractivity contribution in [2.45, 2.75) is 104 Å². The molecule has 16 heteroatoms. The molecule has 16 nitrogen and oxygen atoms in total. The number of hydrogen-bond donors (Lipinski definition) is 4. The molecule has 4 aromatic rings. The number of nitrogens with one attached hydrogen (secondary N) is 3. The van der Waals surface area contributed by atoms with E-state index in [0.717, 1.165) is 44.5 Å². The van der Waals surface area contributed by atoms with E-state index in [-0.39, 0.29) is 62.2 Å². The Morgan fingerprint density at radius 1 is 1.06 bits per heavy atom. The van der Waals surface area contributed by atoms with Crippen LogP contribution in [0.3, 0.4) is 0 Å². The van der Waals surface area contributed by atoms with Crippen molar-refractivity contribution < 1.29 is 38.6 Å². The Hall–Kier alpha value is -5.84. The van der Waals surface area contributed by atoms with Crippen LogP contribution in [-0.4, -0.2) is 131 Å². The minimum Gasteiger partial charge on any atom is -0.508 e. The number of hydrazine groups is 1. The van der Waals surface area contributed by atoms with Gasteiger partial charge >= 0.3 is 5.97 Å². The van der Waals surface area contributed by atoms with Crippen LogP contribution in [0.1, 0.15) is 83.7 Å². The molecular formula is C51H68N8O8. The van der Waals surface area contributed by atoms with Crippen LogP contribution in [0.4, 0.5) is 0 Å². The zero-order chi connectivity index (χ0) is 48.3. The Kier molecular flexibility index (Phi) is 15.1. The Labute approximate surface area is 393 Å². The van der Waals surface area contributed by atoms with Gasteiger partial charge in [0.2, 0.25) is 17.7 Å². The standard InChI is InChI=1S/C51H68N8O8/c1-10-58-42-16-15-33-25-38(42)39(46(58)37-13-11-18-53-44(37)31(4)66-9)26-51(5,6)29-67-50(65)40-14-12-19-59(55-40)49(64)41(23-32-21-35(33)24-36(60)22-32)54-47(62)45(30(2)3)56(8)48(63)34-17-20-57(28-34)43(61)27-52-7/h11,13,15-16,18,21-22,24-25,30-31,34,40-41,45,52,55,60H,10,12,14,17,19-20,23,26-29H2,1-9H3,(H,54,62)/t31-,34-,40-,41-,45-/m0/s1. The third kappa shape index (κ3) is 10.5. The van der Waals surface area contributed by atoms with Crippen molar-refractivity contribution in [3.05, 3.63) is 71.5 Å². The number of carbonyl (C=O) groups is 5. The minimum atomic E-state index is -1.16. The molecule has 2 aromatic carbocycles. The van der Waals surface area contributed by atoms with E-state index >= 15 is 0 Å². The highest BCUT2D eigenvalue weighted by molar-refractivity contribution is 5.96. The number of ether oxygens (including phenoxy) is 2. The molecule has 67 heavy (non-hydrogen) atoms. The number of nitrogens with zero attached hydrogens (tertiary/aromatic N) is 5. The molecule has 5 heterocycles. The summed E-state index contributed by atoms with van der Waals surface area (Å²) in [7, 11) is 4.96. The lowest BCUT2D eigenvalue weighted by atomic mass is 9.84. The summed E-state index contributed by atoms with van der Waals surface area (Å²) in [6.07, 6.45) is 3.45. The summed E-state index contributed by atoms with van der Waals surface area (Å²) in [5.74, 6) is -2.64. The van der Waals surface area contributed by atoms with Gasteiger partial charge in [-0.1, -0.05) is 39.8 Å². The third-order valence-corrected chi connectivity index (χ3v) is 13.6. The Bertz CT molecular complexity index is 2500. The predicted octanol–water partition coefficient (Wildman–Crippen LogP) is 5.00. The van der Waals surface area contributed by atoms with Gasteiger partial charge in [-0.05, 0) is 111 Å². The maximum Gasteiger partial charge on any atom is 0.324 e. The average molecular weight is 921 g/mol. The number of methoxy groups -OCH3 is 1. The molecule has 3 aliphatic heterocycles. The zero-order valence-corrected chi connectivity index (χ0v) is 40.5. The molecule has 0 aliphatic carbocycles. The molecule has 2 saturated heterocycles. The van der Waals surface area contributed by atoms with Gasteiger partial charge in [0.25, 0.3) is 5.91 Å². The first-order chi connectivity index (χ1) is 31.9. The molecule has 360 valence electrons. The molecule has 4 amide bonds. The van der Waals surface area contributed by atoms with E-state index < -0.39 is 47.2 Å². The van der Waals surface area contributed by atoms with Crippen LogP contribution in [0.2, 0.25) is 0 Å². The Morgan fingerprint density at radius 2 is 1.84 bits per heavy atom. The Balaban J connectivity index is 1.30. The van der Waals surface area contributed by atoms with Gasteiger partial charge in [0.1, 0.15) is 23.9 Å². The van der Waals surface area contributed by atoms with Gasteiger partial charge in [-0.2, -0.15) is 0 Å². The number of fused-ring (bicyclic) bond motifs is 6. The average Bonchev–Trinajstić information content (AvgIpc) is 3.92. The fourth-order valence-corrected chi connectivity index (χ4v) is 10.1. The van der Waals surface area contributed by atoms with Crippen LogP contribution in [0, 0.1) is 17.3 Å². The van der Waals surface area contributed by atoms with E-state index in [2.05, 4.69) is 59.6 Å². The van der Waals surface area contributed by atoms with Gasteiger partial charge in [0, 0.05) is 74.8 Å². The second kappa shape index (κ2) is 20.6. The lowest BCUT2D eigenvalue weighted by Gasteiger charge is -2.37. The number of amides is 4. The molecule has 0 spiro atoms. The molecule has 0 radical (unpaired) electrons. The van der Waals surface area contributed by atoms with Crippen LogP contribution in [0.15, 0.2) is 54.7 Å². The molecule has 7 rings (SSSR count). The monoisotopic (exact) mass is 921 g/mol. The maximum atomic E-state index is 14.7. The number of aromatic hydroxyl groups is 1. The molecule has 6 bridgehead atoms. The van der Waals surface area contributed by atoms with E-state index in [1.165, 1.54) is 9.91 Å². The number of phenolic OH excluding ortho intramolecular Hbond substituents is 1. The van der Waals surface area contributed by atoms with Gasteiger partial charge in [-0.15, -0.1) is 0 Å². The maximum absolute atomic E-state index is 14.7. The molecule has 4 N–H and O–H groups in total. The van der Waals surface area contributed by atoms with Crippen molar-refractivity contribution in [3.8, 4) is 28.1 Å². The van der Waals surface area contributed by atoms with Crippen molar-refractivity contribution in [1.29, 1.82) is 0 Å². The molecule has 3 aliphatic rings. The van der Waals surface area contributed by atoms with Crippen molar-refractivity contribution in [3.63, 3.8) is 0 Å². The number of aromatic nitrogens is 2. The summed E-state index contributed by atoms with van der Waals surface area (Å²) in [5, 5.41) is 19.6.